The second kappa shape index (κ2) is 10.9. The van der Waals surface area contributed by atoms with Gasteiger partial charge in [0.05, 0.1) is 19.5 Å². The van der Waals surface area contributed by atoms with E-state index in [4.69, 9.17) is 0 Å². The van der Waals surface area contributed by atoms with Gasteiger partial charge in [0.15, 0.2) is 0 Å². The first-order chi connectivity index (χ1) is 18.8. The lowest BCUT2D eigenvalue weighted by molar-refractivity contribution is -0.382. The smallest absolute Gasteiger partial charge is 0.260 e. The number of hydrogen-bond donors (Lipinski definition) is 0. The van der Waals surface area contributed by atoms with Crippen molar-refractivity contribution in [3.63, 3.8) is 0 Å². The summed E-state index contributed by atoms with van der Waals surface area (Å²) in [5.74, 6) is -46.4. The molecule has 0 rings (SSSR count). The predicted molar refractivity (Wildman–Crippen MR) is 92.3 cm³/mol. The van der Waals surface area contributed by atoms with Gasteiger partial charge in [0, 0.05) is 0 Å². The highest BCUT2D eigenvalue weighted by molar-refractivity contribution is 8.29. The topological polar surface area (TPSA) is 102 Å². The lowest BCUT2D eigenvalue weighted by Gasteiger charge is -2.41. The van der Waals surface area contributed by atoms with E-state index in [1.165, 1.54) is 0 Å². The molecule has 0 N–H and O–H groups in total. The molecule has 0 fully saturated rings. The first-order valence-electron chi connectivity index (χ1n) is 9.22. The third kappa shape index (κ3) is 6.81. The molecule has 0 bridgehead atoms. The molecule has 0 aliphatic heterocycles. The van der Waals surface area contributed by atoms with Gasteiger partial charge in [-0.05, 0) is 0 Å². The van der Waals surface area contributed by atoms with E-state index in [-0.39, 0.29) is 0 Å². The van der Waals surface area contributed by atoms with Crippen molar-refractivity contribution in [2.45, 2.75) is 65.1 Å². The lowest BCUT2D eigenvalue weighted by Crippen LogP contribution is -2.65. The number of alkyl halides is 23. The highest BCUT2D eigenvalue weighted by atomic mass is 32.3. The van der Waals surface area contributed by atoms with Gasteiger partial charge in [-0.2, -0.15) is 101 Å². The van der Waals surface area contributed by atoms with Crippen molar-refractivity contribution >= 4 is 29.5 Å². The summed E-state index contributed by atoms with van der Waals surface area (Å²) in [4.78, 5) is 0. The van der Waals surface area contributed by atoms with E-state index in [0.717, 1.165) is 0 Å². The maximum Gasteiger partial charge on any atom is 0.460 e. The molecule has 272 valence electrons. The van der Waals surface area contributed by atoms with E-state index in [1.54, 1.807) is 0 Å². The molecular weight excluding hydrogens is 785 g/mol. The van der Waals surface area contributed by atoms with Crippen LogP contribution in [0, 0.1) is 3.91 Å². The van der Waals surface area contributed by atoms with Gasteiger partial charge in [0.1, 0.15) is 26.1 Å². The predicted octanol–water partition coefficient (Wildman–Crippen LogP) is 6.12. The van der Waals surface area contributed by atoms with Crippen molar-refractivity contribution in [2.24, 2.45) is 0 Å². The van der Waals surface area contributed by atoms with Crippen molar-refractivity contribution < 1.29 is 126 Å². The second-order valence-corrected chi connectivity index (χ2v) is 14.5. The minimum absolute atomic E-state index is 4.68. The molecule has 32 heteroatoms. The molecule has 0 heterocycles. The van der Waals surface area contributed by atoms with Crippen LogP contribution in [0.4, 0.5) is 101 Å². The third-order valence-electron chi connectivity index (χ3n) is 4.52. The molecule has 0 aliphatic rings. The van der Waals surface area contributed by atoms with E-state index in [0.29, 0.717) is 0 Å². The van der Waals surface area contributed by atoms with E-state index < -0.39 is 104 Å². The van der Waals surface area contributed by atoms with Gasteiger partial charge in [0.2, 0.25) is 0 Å². The summed E-state index contributed by atoms with van der Waals surface area (Å²) < 4.78 is 366. The van der Waals surface area contributed by atoms with Crippen LogP contribution in [0.15, 0.2) is 0 Å². The van der Waals surface area contributed by atoms with Crippen molar-refractivity contribution in [1.29, 1.82) is 0 Å². The Morgan fingerprint density at radius 3 is 1.00 bits per heavy atom. The van der Waals surface area contributed by atoms with Crippen LogP contribution in [0.2, 0.25) is 0 Å². The van der Waals surface area contributed by atoms with Gasteiger partial charge in [0.25, 0.3) is 0 Å². The van der Waals surface area contributed by atoms with Crippen molar-refractivity contribution in [3.8, 4) is 0 Å². The van der Waals surface area contributed by atoms with Crippen LogP contribution in [0.5, 0.6) is 0 Å². The third-order valence-corrected chi connectivity index (χ3v) is 12.7. The van der Waals surface area contributed by atoms with Crippen LogP contribution in [0.3, 0.4) is 0 Å². The van der Waals surface area contributed by atoms with Crippen LogP contribution in [-0.2, 0) is 29.5 Å². The minimum atomic E-state index is -10.0. The summed E-state index contributed by atoms with van der Waals surface area (Å²) >= 11 is 0. The summed E-state index contributed by atoms with van der Waals surface area (Å²) in [7, 11) is -28.9. The molecule has 0 aromatic heterocycles. The monoisotopic (exact) mass is 789 g/mol. The molecule has 0 atom stereocenters. The summed E-state index contributed by atoms with van der Waals surface area (Å²) in [6.07, 6.45) is -27.6. The Labute approximate surface area is 231 Å². The number of halogens is 23. The zero-order valence-electron chi connectivity index (χ0n) is 19.3. The molecule has 0 spiro atoms. The van der Waals surface area contributed by atoms with Crippen LogP contribution in [0.25, 0.3) is 0 Å². The fraction of sp³-hybridized carbons (Fsp3) is 0.923. The Hall–Kier alpha value is -1.76. The zero-order chi connectivity index (χ0) is 37.5. The summed E-state index contributed by atoms with van der Waals surface area (Å²) in [5.41, 5.74) is 0. The van der Waals surface area contributed by atoms with Crippen molar-refractivity contribution in [2.75, 3.05) is 5.75 Å². The number of hydrogen-bond acceptors (Lipinski definition) is 6. The van der Waals surface area contributed by atoms with E-state index >= 15 is 0 Å². The minimum Gasteiger partial charge on any atom is -0.260 e. The molecule has 0 saturated carbocycles. The van der Waals surface area contributed by atoms with Crippen LogP contribution in [-0.4, -0.2) is 89.7 Å². The normalized spacial score (nSPS) is 16.8. The lowest BCUT2D eigenvalue weighted by atomic mass is 10.1. The Morgan fingerprint density at radius 2 is 0.711 bits per heavy atom. The van der Waals surface area contributed by atoms with Crippen LogP contribution < -0.4 is 0 Å². The van der Waals surface area contributed by atoms with Gasteiger partial charge >= 0.3 is 58.7 Å². The molecule has 0 unspecified atom stereocenters. The first-order valence-corrected chi connectivity index (χ1v) is 13.8. The van der Waals surface area contributed by atoms with Gasteiger partial charge in [-0.3, -0.25) is 25.3 Å². The van der Waals surface area contributed by atoms with Crippen LogP contribution >= 0.6 is 0 Å². The first kappa shape index (κ1) is 43.2. The Morgan fingerprint density at radius 1 is 0.400 bits per heavy atom. The Kier molecular flexibility index (Phi) is 10.5. The Balaban J connectivity index is 8.23. The fourth-order valence-corrected chi connectivity index (χ4v) is 9.93. The van der Waals surface area contributed by atoms with Gasteiger partial charge in [-0.15, -0.1) is 0 Å². The quantitative estimate of drug-likeness (QED) is 0.175. The van der Waals surface area contributed by atoms with Gasteiger partial charge in [-0.1, -0.05) is 0 Å². The summed E-state index contributed by atoms with van der Waals surface area (Å²) in [6.45, 7) is 0. The molecule has 0 saturated heterocycles. The average molecular weight is 789 g/mol. The Bertz CT molecular complexity index is 1430. The van der Waals surface area contributed by atoms with Crippen molar-refractivity contribution in [1.82, 2.24) is 0 Å². The molecule has 0 aromatic rings. The fourth-order valence-electron chi connectivity index (χ4n) is 2.36. The number of sulfone groups is 3. The maximum atomic E-state index is 14.1. The van der Waals surface area contributed by atoms with Crippen molar-refractivity contribution in [3.05, 3.63) is 3.91 Å². The summed E-state index contributed by atoms with van der Waals surface area (Å²) in [6, 6.07) is 0. The van der Waals surface area contributed by atoms with E-state index in [9.17, 15) is 126 Å². The largest absolute Gasteiger partial charge is 0.460 e. The molecule has 0 aliphatic carbocycles. The average Bonchev–Trinajstić information content (AvgIpc) is 2.67. The molecule has 6 nitrogen and oxygen atoms in total. The van der Waals surface area contributed by atoms with Crippen LogP contribution in [0.1, 0.15) is 6.42 Å². The maximum absolute atomic E-state index is 14.1. The van der Waals surface area contributed by atoms with E-state index in [2.05, 4.69) is 0 Å². The highest BCUT2D eigenvalue weighted by Crippen LogP contribution is 2.59. The zero-order valence-corrected chi connectivity index (χ0v) is 21.7. The van der Waals surface area contributed by atoms with Gasteiger partial charge in [-0.25, -0.2) is 0 Å². The van der Waals surface area contributed by atoms with Gasteiger partial charge < -0.3 is 0 Å². The second-order valence-electron chi connectivity index (χ2n) is 7.97. The van der Waals surface area contributed by atoms with E-state index in [1.807, 2.05) is 0 Å². The molecule has 0 amide bonds. The molecule has 0 aromatic carbocycles. The number of rotatable bonds is 12. The molecule has 45 heavy (non-hydrogen) atoms. The highest BCUT2D eigenvalue weighted by Gasteiger charge is 2.85. The standard InChI is InChI=1S/C13H4F23O6S3/c14-4(15,1-6(18,19)20)12(33,34)44(39,40)3(43(37,38)2-5(16,17)7(21,22)10(27,28)29)45(41,42)13(35,36)9(25,26)8(23,24)11(30,31)32/h1-2H2/q-1. The molecular formula is C13H4F23O6S3-. The SMILES string of the molecule is O=S(=O)(CC(F)(F)C(F)(F)C(F)(F)F)[C-](S(=O)(=O)C(F)(F)C(F)(F)CC(F)(F)F)S(=O)(=O)C(F)(F)C(F)(F)C(F)(F)C(F)(F)F. The molecule has 0 radical (unpaired) electrons. The summed E-state index contributed by atoms with van der Waals surface area (Å²) in [5, 5.41) is -17.5.